The molecule has 1 aliphatic rings. The van der Waals surface area contributed by atoms with Crippen LogP contribution >= 0.6 is 22.9 Å². The average Bonchev–Trinajstić information content (AvgIpc) is 2.77. The van der Waals surface area contributed by atoms with Crippen LogP contribution in [0.5, 0.6) is 0 Å². The van der Waals surface area contributed by atoms with Crippen LogP contribution in [0.3, 0.4) is 0 Å². The number of carbonyl (C=O) groups excluding carboxylic acids is 1. The third-order valence-corrected chi connectivity index (χ3v) is 4.42. The Hall–Kier alpha value is -0.740. The first-order chi connectivity index (χ1) is 8.16. The van der Waals surface area contributed by atoms with Gasteiger partial charge in [0.15, 0.2) is 0 Å². The van der Waals surface area contributed by atoms with Gasteiger partial charge in [-0.3, -0.25) is 0 Å². The third-order valence-electron chi connectivity index (χ3n) is 3.00. The predicted octanol–water partition coefficient (Wildman–Crippen LogP) is 3.66. The molecule has 3 nitrogen and oxygen atoms in total. The van der Waals surface area contributed by atoms with Gasteiger partial charge in [0.25, 0.3) is 0 Å². The smallest absolute Gasteiger partial charge is 0.317 e. The molecule has 2 rings (SSSR count). The van der Waals surface area contributed by atoms with Gasteiger partial charge in [0.1, 0.15) is 0 Å². The van der Waals surface area contributed by atoms with Crippen molar-refractivity contribution in [2.75, 3.05) is 13.1 Å². The van der Waals surface area contributed by atoms with Gasteiger partial charge in [-0.1, -0.05) is 11.6 Å². The molecule has 0 spiro atoms. The Labute approximate surface area is 111 Å². The Bertz CT molecular complexity index is 388. The van der Waals surface area contributed by atoms with Crippen LogP contribution in [-0.2, 0) is 0 Å². The fraction of sp³-hybridized carbons (Fsp3) is 0.583. The molecule has 0 aromatic carbocycles. The molecular formula is C12H17ClN2OS. The lowest BCUT2D eigenvalue weighted by atomic mass is 10.1. The standard InChI is InChI=1S/C12H17ClN2OS/c1-9(10-5-6-11(13)17-10)14-12(16)15-7-3-2-4-8-15/h5-6,9H,2-4,7-8H2,1H3,(H,14,16). The van der Waals surface area contributed by atoms with Crippen LogP contribution in [0, 0.1) is 0 Å². The summed E-state index contributed by atoms with van der Waals surface area (Å²) in [7, 11) is 0. The molecule has 2 amide bonds. The van der Waals surface area contributed by atoms with Crippen molar-refractivity contribution >= 4 is 29.0 Å². The van der Waals surface area contributed by atoms with Gasteiger partial charge in [0.2, 0.25) is 0 Å². The van der Waals surface area contributed by atoms with E-state index in [9.17, 15) is 4.79 Å². The van der Waals surface area contributed by atoms with Gasteiger partial charge in [0.05, 0.1) is 10.4 Å². The number of hydrogen-bond acceptors (Lipinski definition) is 2. The van der Waals surface area contributed by atoms with E-state index in [0.717, 1.165) is 35.1 Å². The second-order valence-corrected chi connectivity index (χ2v) is 6.11. The van der Waals surface area contributed by atoms with E-state index in [-0.39, 0.29) is 12.1 Å². The fourth-order valence-corrected chi connectivity index (χ4v) is 3.07. The van der Waals surface area contributed by atoms with Crippen LogP contribution in [0.2, 0.25) is 4.34 Å². The highest BCUT2D eigenvalue weighted by Gasteiger charge is 2.19. The number of halogens is 1. The number of urea groups is 1. The van der Waals surface area contributed by atoms with E-state index in [1.807, 2.05) is 24.0 Å². The van der Waals surface area contributed by atoms with Crippen molar-refractivity contribution in [3.05, 3.63) is 21.3 Å². The Morgan fingerprint density at radius 2 is 2.12 bits per heavy atom. The summed E-state index contributed by atoms with van der Waals surface area (Å²) in [5.74, 6) is 0. The van der Waals surface area contributed by atoms with Crippen molar-refractivity contribution in [2.24, 2.45) is 0 Å². The molecule has 1 fully saturated rings. The number of thiophene rings is 1. The molecule has 1 aromatic heterocycles. The summed E-state index contributed by atoms with van der Waals surface area (Å²) >= 11 is 7.40. The largest absolute Gasteiger partial charge is 0.331 e. The van der Waals surface area contributed by atoms with E-state index in [2.05, 4.69) is 5.32 Å². The van der Waals surface area contributed by atoms with Crippen LogP contribution < -0.4 is 5.32 Å². The molecule has 1 saturated heterocycles. The van der Waals surface area contributed by atoms with Crippen LogP contribution in [0.4, 0.5) is 4.79 Å². The van der Waals surface area contributed by atoms with Gasteiger partial charge < -0.3 is 10.2 Å². The number of hydrogen-bond donors (Lipinski definition) is 1. The van der Waals surface area contributed by atoms with Gasteiger partial charge in [-0.25, -0.2) is 4.79 Å². The third kappa shape index (κ3) is 3.36. The van der Waals surface area contributed by atoms with Crippen molar-refractivity contribution in [3.63, 3.8) is 0 Å². The highest BCUT2D eigenvalue weighted by Crippen LogP contribution is 2.26. The molecule has 94 valence electrons. The summed E-state index contributed by atoms with van der Waals surface area (Å²) in [5, 5.41) is 3.02. The maximum Gasteiger partial charge on any atom is 0.317 e. The minimum atomic E-state index is 0.0296. The quantitative estimate of drug-likeness (QED) is 0.876. The van der Waals surface area contributed by atoms with Crippen molar-refractivity contribution in [3.8, 4) is 0 Å². The summed E-state index contributed by atoms with van der Waals surface area (Å²) < 4.78 is 0.763. The van der Waals surface area contributed by atoms with Gasteiger partial charge in [-0.2, -0.15) is 0 Å². The Balaban J connectivity index is 1.89. The second kappa shape index (κ2) is 5.74. The van der Waals surface area contributed by atoms with Crippen molar-refractivity contribution < 1.29 is 4.79 Å². The first-order valence-corrected chi connectivity index (χ1v) is 7.17. The molecule has 5 heteroatoms. The molecule has 17 heavy (non-hydrogen) atoms. The van der Waals surface area contributed by atoms with Crippen LogP contribution in [0.25, 0.3) is 0 Å². The summed E-state index contributed by atoms with van der Waals surface area (Å²) in [5.41, 5.74) is 0. The van der Waals surface area contributed by atoms with Crippen LogP contribution in [0.15, 0.2) is 12.1 Å². The molecule has 1 atom stereocenters. The summed E-state index contributed by atoms with van der Waals surface area (Å²) in [6.07, 6.45) is 3.47. The zero-order chi connectivity index (χ0) is 12.3. The minimum Gasteiger partial charge on any atom is -0.331 e. The Morgan fingerprint density at radius 3 is 2.71 bits per heavy atom. The number of nitrogens with zero attached hydrogens (tertiary/aromatic N) is 1. The molecule has 0 radical (unpaired) electrons. The lowest BCUT2D eigenvalue weighted by molar-refractivity contribution is 0.183. The first kappa shape index (κ1) is 12.7. The normalized spacial score (nSPS) is 17.9. The number of amides is 2. The van der Waals surface area contributed by atoms with E-state index in [1.165, 1.54) is 17.8 Å². The molecule has 1 unspecified atom stereocenters. The van der Waals surface area contributed by atoms with E-state index in [4.69, 9.17) is 11.6 Å². The summed E-state index contributed by atoms with van der Waals surface area (Å²) in [6, 6.07) is 3.91. The summed E-state index contributed by atoms with van der Waals surface area (Å²) in [4.78, 5) is 15.0. The molecule has 1 aromatic rings. The monoisotopic (exact) mass is 272 g/mol. The van der Waals surface area contributed by atoms with Crippen molar-refractivity contribution in [2.45, 2.75) is 32.2 Å². The van der Waals surface area contributed by atoms with Gasteiger partial charge in [0, 0.05) is 18.0 Å². The molecule has 1 aliphatic heterocycles. The molecule has 2 heterocycles. The Kier molecular flexibility index (Phi) is 4.29. The van der Waals surface area contributed by atoms with Crippen LogP contribution in [-0.4, -0.2) is 24.0 Å². The van der Waals surface area contributed by atoms with E-state index >= 15 is 0 Å². The minimum absolute atomic E-state index is 0.0296. The van der Waals surface area contributed by atoms with E-state index in [0.29, 0.717) is 0 Å². The number of nitrogens with one attached hydrogen (secondary N) is 1. The number of carbonyl (C=O) groups is 1. The van der Waals surface area contributed by atoms with E-state index in [1.54, 1.807) is 0 Å². The van der Waals surface area contributed by atoms with Crippen LogP contribution in [0.1, 0.15) is 37.1 Å². The SMILES string of the molecule is CC(NC(=O)N1CCCCC1)c1ccc(Cl)s1. The Morgan fingerprint density at radius 1 is 1.41 bits per heavy atom. The summed E-state index contributed by atoms with van der Waals surface area (Å²) in [6.45, 7) is 3.75. The maximum absolute atomic E-state index is 12.0. The number of piperidine rings is 1. The maximum atomic E-state index is 12.0. The molecule has 0 saturated carbocycles. The molecule has 0 bridgehead atoms. The molecular weight excluding hydrogens is 256 g/mol. The van der Waals surface area contributed by atoms with E-state index < -0.39 is 0 Å². The van der Waals surface area contributed by atoms with Crippen molar-refractivity contribution in [1.29, 1.82) is 0 Å². The predicted molar refractivity (Wildman–Crippen MR) is 71.7 cm³/mol. The van der Waals surface area contributed by atoms with Gasteiger partial charge in [-0.05, 0) is 38.3 Å². The van der Waals surface area contributed by atoms with Crippen molar-refractivity contribution in [1.82, 2.24) is 10.2 Å². The lowest BCUT2D eigenvalue weighted by Gasteiger charge is -2.28. The fourth-order valence-electron chi connectivity index (χ4n) is 2.01. The number of rotatable bonds is 2. The molecule has 0 aliphatic carbocycles. The average molecular weight is 273 g/mol. The second-order valence-electron chi connectivity index (χ2n) is 4.36. The highest BCUT2D eigenvalue weighted by molar-refractivity contribution is 7.16. The zero-order valence-corrected chi connectivity index (χ0v) is 11.5. The van der Waals surface area contributed by atoms with Gasteiger partial charge in [-0.15, -0.1) is 11.3 Å². The topological polar surface area (TPSA) is 32.3 Å². The molecule has 1 N–H and O–H groups in total. The van der Waals surface area contributed by atoms with Gasteiger partial charge >= 0.3 is 6.03 Å². The number of likely N-dealkylation sites (tertiary alicyclic amines) is 1. The first-order valence-electron chi connectivity index (χ1n) is 5.97. The zero-order valence-electron chi connectivity index (χ0n) is 9.91. The highest BCUT2D eigenvalue weighted by atomic mass is 35.5. The lowest BCUT2D eigenvalue weighted by Crippen LogP contribution is -2.43.